The second kappa shape index (κ2) is 6.01. The normalized spacial score (nSPS) is 16.9. The first kappa shape index (κ1) is 13.1. The summed E-state index contributed by atoms with van der Waals surface area (Å²) in [5.41, 5.74) is 2.00. The number of benzene rings is 1. The van der Waals surface area contributed by atoms with Crippen molar-refractivity contribution in [3.05, 3.63) is 35.4 Å². The van der Waals surface area contributed by atoms with E-state index in [1.165, 1.54) is 5.56 Å². The van der Waals surface area contributed by atoms with Crippen LogP contribution in [0.2, 0.25) is 0 Å². The van der Waals surface area contributed by atoms with Crippen LogP contribution in [0, 0.1) is 6.92 Å². The van der Waals surface area contributed by atoms with Crippen LogP contribution in [0.25, 0.3) is 0 Å². The smallest absolute Gasteiger partial charge is 0.253 e. The Hall–Kier alpha value is -1.35. The molecule has 0 spiro atoms. The third-order valence-electron chi connectivity index (χ3n) is 3.57. The molecule has 3 nitrogen and oxygen atoms in total. The molecule has 0 aromatic heterocycles. The van der Waals surface area contributed by atoms with Crippen molar-refractivity contribution in [2.75, 3.05) is 19.6 Å². The van der Waals surface area contributed by atoms with Crippen molar-refractivity contribution < 1.29 is 4.79 Å². The molecule has 0 radical (unpaired) electrons. The van der Waals surface area contributed by atoms with Gasteiger partial charge in [-0.1, -0.05) is 24.6 Å². The van der Waals surface area contributed by atoms with Crippen LogP contribution in [0.5, 0.6) is 0 Å². The highest BCUT2D eigenvalue weighted by molar-refractivity contribution is 5.94. The van der Waals surface area contributed by atoms with E-state index in [-0.39, 0.29) is 5.91 Å². The average Bonchev–Trinajstić information content (AvgIpc) is 2.40. The fraction of sp³-hybridized carbons (Fsp3) is 0.533. The van der Waals surface area contributed by atoms with Crippen LogP contribution in [0.1, 0.15) is 35.7 Å². The second-order valence-electron chi connectivity index (χ2n) is 4.99. The molecular weight excluding hydrogens is 224 g/mol. The molecule has 0 atom stereocenters. The number of hydrogen-bond acceptors (Lipinski definition) is 2. The van der Waals surface area contributed by atoms with E-state index in [2.05, 4.69) is 12.2 Å². The molecule has 0 aliphatic carbocycles. The lowest BCUT2D eigenvalue weighted by Gasteiger charge is -2.32. The van der Waals surface area contributed by atoms with Crippen LogP contribution >= 0.6 is 0 Å². The van der Waals surface area contributed by atoms with E-state index in [1.54, 1.807) is 0 Å². The lowest BCUT2D eigenvalue weighted by Crippen LogP contribution is -2.44. The molecule has 0 bridgehead atoms. The summed E-state index contributed by atoms with van der Waals surface area (Å²) in [6, 6.07) is 8.43. The van der Waals surface area contributed by atoms with E-state index < -0.39 is 0 Å². The molecule has 1 heterocycles. The molecule has 1 fully saturated rings. The number of nitrogens with one attached hydrogen (secondary N) is 1. The van der Waals surface area contributed by atoms with Gasteiger partial charge in [0.15, 0.2) is 0 Å². The summed E-state index contributed by atoms with van der Waals surface area (Å²) in [4.78, 5) is 14.3. The molecule has 3 heteroatoms. The third kappa shape index (κ3) is 3.10. The van der Waals surface area contributed by atoms with Crippen molar-refractivity contribution in [1.82, 2.24) is 10.2 Å². The molecule has 98 valence electrons. The number of piperidine rings is 1. The molecule has 1 aromatic rings. The maximum atomic E-state index is 12.3. The second-order valence-corrected chi connectivity index (χ2v) is 4.99. The Bertz CT molecular complexity index is 391. The van der Waals surface area contributed by atoms with Crippen LogP contribution in [0.4, 0.5) is 0 Å². The van der Waals surface area contributed by atoms with E-state index in [4.69, 9.17) is 0 Å². The monoisotopic (exact) mass is 246 g/mol. The maximum Gasteiger partial charge on any atom is 0.253 e. The maximum absolute atomic E-state index is 12.3. The predicted molar refractivity (Wildman–Crippen MR) is 73.8 cm³/mol. The standard InChI is InChI=1S/C15H22N2O/c1-3-16-14-8-10-17(11-9-14)15(18)13-6-4-12(2)5-7-13/h4-7,14,16H,3,8-11H2,1-2H3. The average molecular weight is 246 g/mol. The highest BCUT2D eigenvalue weighted by Crippen LogP contribution is 2.14. The molecule has 1 saturated heterocycles. The van der Waals surface area contributed by atoms with E-state index in [1.807, 2.05) is 36.1 Å². The molecule has 18 heavy (non-hydrogen) atoms. The van der Waals surface area contributed by atoms with Crippen molar-refractivity contribution in [2.45, 2.75) is 32.7 Å². The minimum Gasteiger partial charge on any atom is -0.339 e. The molecular formula is C15H22N2O. The van der Waals surface area contributed by atoms with Crippen LogP contribution in [0.3, 0.4) is 0 Å². The Morgan fingerprint density at radius 1 is 1.28 bits per heavy atom. The first-order chi connectivity index (χ1) is 8.70. The molecule has 1 N–H and O–H groups in total. The van der Waals surface area contributed by atoms with Crippen LogP contribution in [0.15, 0.2) is 24.3 Å². The molecule has 1 amide bonds. The predicted octanol–water partition coefficient (Wildman–Crippen LogP) is 2.21. The van der Waals surface area contributed by atoms with Gasteiger partial charge < -0.3 is 10.2 Å². The quantitative estimate of drug-likeness (QED) is 0.887. The lowest BCUT2D eigenvalue weighted by molar-refractivity contribution is 0.0706. The van der Waals surface area contributed by atoms with Crippen molar-refractivity contribution >= 4 is 5.91 Å². The van der Waals surface area contributed by atoms with Gasteiger partial charge in [-0.25, -0.2) is 0 Å². The van der Waals surface area contributed by atoms with Crippen molar-refractivity contribution in [2.24, 2.45) is 0 Å². The number of amides is 1. The minimum absolute atomic E-state index is 0.171. The van der Waals surface area contributed by atoms with E-state index >= 15 is 0 Å². The van der Waals surface area contributed by atoms with Gasteiger partial charge >= 0.3 is 0 Å². The fourth-order valence-electron chi connectivity index (χ4n) is 2.45. The van der Waals surface area contributed by atoms with Gasteiger partial charge in [0.2, 0.25) is 0 Å². The molecule has 0 unspecified atom stereocenters. The van der Waals surface area contributed by atoms with Crippen molar-refractivity contribution in [3.8, 4) is 0 Å². The number of carbonyl (C=O) groups is 1. The Morgan fingerprint density at radius 3 is 2.44 bits per heavy atom. The highest BCUT2D eigenvalue weighted by Gasteiger charge is 2.22. The van der Waals surface area contributed by atoms with Crippen LogP contribution in [-0.4, -0.2) is 36.5 Å². The molecule has 1 aliphatic heterocycles. The lowest BCUT2D eigenvalue weighted by atomic mass is 10.0. The zero-order chi connectivity index (χ0) is 13.0. The summed E-state index contributed by atoms with van der Waals surface area (Å²) >= 11 is 0. The summed E-state index contributed by atoms with van der Waals surface area (Å²) in [5, 5.41) is 3.45. The number of aryl methyl sites for hydroxylation is 1. The van der Waals surface area contributed by atoms with Gasteiger partial charge in [-0.15, -0.1) is 0 Å². The summed E-state index contributed by atoms with van der Waals surface area (Å²) < 4.78 is 0. The summed E-state index contributed by atoms with van der Waals surface area (Å²) in [5.74, 6) is 0.171. The zero-order valence-corrected chi connectivity index (χ0v) is 11.3. The van der Waals surface area contributed by atoms with E-state index in [0.717, 1.165) is 38.0 Å². The van der Waals surface area contributed by atoms with Crippen LogP contribution in [-0.2, 0) is 0 Å². The van der Waals surface area contributed by atoms with E-state index in [0.29, 0.717) is 6.04 Å². The molecule has 0 saturated carbocycles. The van der Waals surface area contributed by atoms with Gasteiger partial charge in [-0.3, -0.25) is 4.79 Å². The Labute approximate surface area is 109 Å². The number of nitrogens with zero attached hydrogens (tertiary/aromatic N) is 1. The van der Waals surface area contributed by atoms with Gasteiger partial charge in [-0.05, 0) is 38.4 Å². The fourth-order valence-corrected chi connectivity index (χ4v) is 2.45. The number of hydrogen-bond donors (Lipinski definition) is 1. The van der Waals surface area contributed by atoms with Gasteiger partial charge in [0.05, 0.1) is 0 Å². The van der Waals surface area contributed by atoms with Crippen molar-refractivity contribution in [3.63, 3.8) is 0 Å². The van der Waals surface area contributed by atoms with Gasteiger partial charge in [0.25, 0.3) is 5.91 Å². The molecule has 2 rings (SSSR count). The number of likely N-dealkylation sites (tertiary alicyclic amines) is 1. The highest BCUT2D eigenvalue weighted by atomic mass is 16.2. The third-order valence-corrected chi connectivity index (χ3v) is 3.57. The zero-order valence-electron chi connectivity index (χ0n) is 11.3. The Morgan fingerprint density at radius 2 is 1.89 bits per heavy atom. The summed E-state index contributed by atoms with van der Waals surface area (Å²) in [7, 11) is 0. The Balaban J connectivity index is 1.93. The topological polar surface area (TPSA) is 32.3 Å². The summed E-state index contributed by atoms with van der Waals surface area (Å²) in [6.07, 6.45) is 2.12. The van der Waals surface area contributed by atoms with Gasteiger partial charge in [-0.2, -0.15) is 0 Å². The van der Waals surface area contributed by atoms with Gasteiger partial charge in [0, 0.05) is 24.7 Å². The van der Waals surface area contributed by atoms with Gasteiger partial charge in [0.1, 0.15) is 0 Å². The van der Waals surface area contributed by atoms with Crippen LogP contribution < -0.4 is 5.32 Å². The first-order valence-corrected chi connectivity index (χ1v) is 6.80. The molecule has 1 aliphatic rings. The largest absolute Gasteiger partial charge is 0.339 e. The Kier molecular flexibility index (Phi) is 4.37. The first-order valence-electron chi connectivity index (χ1n) is 6.80. The van der Waals surface area contributed by atoms with Crippen molar-refractivity contribution in [1.29, 1.82) is 0 Å². The number of rotatable bonds is 3. The van der Waals surface area contributed by atoms with E-state index in [9.17, 15) is 4.79 Å². The SMILES string of the molecule is CCNC1CCN(C(=O)c2ccc(C)cc2)CC1. The minimum atomic E-state index is 0.171. The number of carbonyl (C=O) groups excluding carboxylic acids is 1. The summed E-state index contributed by atoms with van der Waals surface area (Å²) in [6.45, 7) is 6.91. The molecule has 1 aromatic carbocycles.